The molecule has 0 saturated carbocycles. The molecule has 0 atom stereocenters. The number of non-ortho nitro benzene ring substituents is 1. The fraction of sp³-hybridized carbons (Fsp3) is 0. The van der Waals surface area contributed by atoms with Gasteiger partial charge in [0.2, 0.25) is 0 Å². The van der Waals surface area contributed by atoms with Crippen LogP contribution in [0.2, 0.25) is 0 Å². The van der Waals surface area contributed by atoms with Crippen LogP contribution >= 0.6 is 0 Å². The normalized spacial score (nSPS) is 10.5. The molecule has 21 heavy (non-hydrogen) atoms. The van der Waals surface area contributed by atoms with Gasteiger partial charge in [-0.2, -0.15) is 0 Å². The second-order valence-corrected chi connectivity index (χ2v) is 4.59. The van der Waals surface area contributed by atoms with Crippen molar-refractivity contribution in [2.24, 2.45) is 0 Å². The number of hydrogen-bond acceptors (Lipinski definition) is 4. The summed E-state index contributed by atoms with van der Waals surface area (Å²) in [7, 11) is 0. The Kier molecular flexibility index (Phi) is 3.16. The lowest BCUT2D eigenvalue weighted by Gasteiger charge is -2.09. The zero-order valence-electron chi connectivity index (χ0n) is 11.0. The first-order valence-electron chi connectivity index (χ1n) is 6.34. The Morgan fingerprint density at radius 1 is 0.952 bits per heavy atom. The van der Waals surface area contributed by atoms with E-state index in [0.717, 1.165) is 10.8 Å². The van der Waals surface area contributed by atoms with E-state index < -0.39 is 4.92 Å². The lowest BCUT2D eigenvalue weighted by atomic mass is 10.1. The maximum absolute atomic E-state index is 10.7. The van der Waals surface area contributed by atoms with Crippen molar-refractivity contribution in [3.8, 4) is 11.5 Å². The summed E-state index contributed by atoms with van der Waals surface area (Å²) in [5, 5.41) is 12.8. The molecule has 104 valence electrons. The van der Waals surface area contributed by atoms with Gasteiger partial charge in [-0.1, -0.05) is 30.3 Å². The predicted molar refractivity (Wildman–Crippen MR) is 81.5 cm³/mol. The Hall–Kier alpha value is -3.08. The van der Waals surface area contributed by atoms with E-state index in [1.54, 1.807) is 0 Å². The summed E-state index contributed by atoms with van der Waals surface area (Å²) in [6.07, 6.45) is 0. The van der Waals surface area contributed by atoms with Gasteiger partial charge in [0.05, 0.1) is 10.6 Å². The smallest absolute Gasteiger partial charge is 0.271 e. The minimum Gasteiger partial charge on any atom is -0.455 e. The molecule has 0 heterocycles. The highest BCUT2D eigenvalue weighted by atomic mass is 16.6. The van der Waals surface area contributed by atoms with Gasteiger partial charge in [0, 0.05) is 12.1 Å². The van der Waals surface area contributed by atoms with Gasteiger partial charge < -0.3 is 10.5 Å². The Morgan fingerprint density at radius 2 is 1.71 bits per heavy atom. The molecule has 0 aromatic heterocycles. The van der Waals surface area contributed by atoms with Crippen molar-refractivity contribution in [2.75, 3.05) is 5.73 Å². The second kappa shape index (κ2) is 5.13. The van der Waals surface area contributed by atoms with Crippen LogP contribution in [0.15, 0.2) is 60.7 Å². The average molecular weight is 280 g/mol. The molecule has 3 aromatic carbocycles. The molecule has 0 unspecified atom stereocenters. The quantitative estimate of drug-likeness (QED) is 0.444. The molecule has 0 aliphatic rings. The Labute approximate surface area is 120 Å². The third-order valence-electron chi connectivity index (χ3n) is 3.15. The number of nitrogens with two attached hydrogens (primary N) is 1. The van der Waals surface area contributed by atoms with E-state index in [2.05, 4.69) is 0 Å². The highest BCUT2D eigenvalue weighted by molar-refractivity contribution is 5.83. The molecular weight excluding hydrogens is 268 g/mol. The number of rotatable bonds is 3. The first-order chi connectivity index (χ1) is 10.1. The number of benzene rings is 3. The molecule has 0 amide bonds. The molecule has 5 heteroatoms. The Morgan fingerprint density at radius 3 is 2.43 bits per heavy atom. The topological polar surface area (TPSA) is 78.4 Å². The monoisotopic (exact) mass is 280 g/mol. The van der Waals surface area contributed by atoms with Gasteiger partial charge in [0.15, 0.2) is 5.75 Å². The third-order valence-corrected chi connectivity index (χ3v) is 3.15. The summed E-state index contributed by atoms with van der Waals surface area (Å²) in [6.45, 7) is 0. The van der Waals surface area contributed by atoms with E-state index in [0.29, 0.717) is 11.5 Å². The number of nitrogens with zero attached hydrogens (tertiary/aromatic N) is 1. The standard InChI is InChI=1S/C16H12N2O3/c17-15-10-13(18(19)20)6-8-16(15)21-14-7-5-11-3-1-2-4-12(11)9-14/h1-10H,17H2. The minimum atomic E-state index is -0.490. The van der Waals surface area contributed by atoms with Crippen molar-refractivity contribution in [1.29, 1.82) is 0 Å². The van der Waals surface area contributed by atoms with Crippen LogP contribution in [0.5, 0.6) is 11.5 Å². The minimum absolute atomic E-state index is 0.0571. The predicted octanol–water partition coefficient (Wildman–Crippen LogP) is 4.12. The number of fused-ring (bicyclic) bond motifs is 1. The van der Waals surface area contributed by atoms with Gasteiger partial charge in [-0.05, 0) is 29.0 Å². The molecule has 0 fully saturated rings. The Bertz CT molecular complexity index is 831. The molecule has 5 nitrogen and oxygen atoms in total. The van der Waals surface area contributed by atoms with E-state index in [-0.39, 0.29) is 11.4 Å². The first-order valence-corrected chi connectivity index (χ1v) is 6.34. The molecule has 0 spiro atoms. The van der Waals surface area contributed by atoms with E-state index in [1.165, 1.54) is 18.2 Å². The molecule has 3 aromatic rings. The molecular formula is C16H12N2O3. The van der Waals surface area contributed by atoms with Crippen molar-refractivity contribution in [3.05, 3.63) is 70.8 Å². The first kappa shape index (κ1) is 12.9. The zero-order valence-corrected chi connectivity index (χ0v) is 11.0. The van der Waals surface area contributed by atoms with Gasteiger partial charge in [0.1, 0.15) is 5.75 Å². The van der Waals surface area contributed by atoms with Crippen LogP contribution in [0.3, 0.4) is 0 Å². The number of anilines is 1. The van der Waals surface area contributed by atoms with Gasteiger partial charge in [-0.25, -0.2) is 0 Å². The van der Waals surface area contributed by atoms with Crippen molar-refractivity contribution < 1.29 is 9.66 Å². The number of nitrogen functional groups attached to an aromatic ring is 1. The summed E-state index contributed by atoms with van der Waals surface area (Å²) >= 11 is 0. The van der Waals surface area contributed by atoms with E-state index in [1.807, 2.05) is 42.5 Å². The van der Waals surface area contributed by atoms with Crippen LogP contribution < -0.4 is 10.5 Å². The molecule has 0 aliphatic heterocycles. The van der Waals surface area contributed by atoms with Crippen LogP contribution in [0.1, 0.15) is 0 Å². The van der Waals surface area contributed by atoms with Crippen LogP contribution in [-0.4, -0.2) is 4.92 Å². The van der Waals surface area contributed by atoms with E-state index in [4.69, 9.17) is 10.5 Å². The highest BCUT2D eigenvalue weighted by Crippen LogP contribution is 2.31. The molecule has 2 N–H and O–H groups in total. The molecule has 0 bridgehead atoms. The lowest BCUT2D eigenvalue weighted by molar-refractivity contribution is -0.384. The van der Waals surface area contributed by atoms with E-state index >= 15 is 0 Å². The van der Waals surface area contributed by atoms with Crippen molar-refractivity contribution in [3.63, 3.8) is 0 Å². The van der Waals surface area contributed by atoms with Crippen molar-refractivity contribution >= 4 is 22.1 Å². The second-order valence-electron chi connectivity index (χ2n) is 4.59. The summed E-state index contributed by atoms with van der Waals surface area (Å²) < 4.78 is 5.70. The molecule has 3 rings (SSSR count). The Balaban J connectivity index is 1.93. The molecule has 0 aliphatic carbocycles. The van der Waals surface area contributed by atoms with Crippen LogP contribution in [0.25, 0.3) is 10.8 Å². The summed E-state index contributed by atoms with van der Waals surface area (Å²) in [4.78, 5) is 10.2. The lowest BCUT2D eigenvalue weighted by Crippen LogP contribution is -1.95. The number of ether oxygens (including phenoxy) is 1. The number of hydrogen-bond donors (Lipinski definition) is 1. The molecule has 0 radical (unpaired) electrons. The maximum atomic E-state index is 10.7. The van der Waals surface area contributed by atoms with Crippen molar-refractivity contribution in [1.82, 2.24) is 0 Å². The van der Waals surface area contributed by atoms with Crippen molar-refractivity contribution in [2.45, 2.75) is 0 Å². The van der Waals surface area contributed by atoms with Crippen LogP contribution in [-0.2, 0) is 0 Å². The molecule has 0 saturated heterocycles. The zero-order chi connectivity index (χ0) is 14.8. The van der Waals surface area contributed by atoms with Gasteiger partial charge in [-0.3, -0.25) is 10.1 Å². The summed E-state index contributed by atoms with van der Waals surface area (Å²) in [6, 6.07) is 17.8. The van der Waals surface area contributed by atoms with Gasteiger partial charge in [0.25, 0.3) is 5.69 Å². The fourth-order valence-corrected chi connectivity index (χ4v) is 2.10. The summed E-state index contributed by atoms with van der Waals surface area (Å²) in [5.74, 6) is 1.03. The third kappa shape index (κ3) is 2.62. The van der Waals surface area contributed by atoms with Crippen LogP contribution in [0.4, 0.5) is 11.4 Å². The van der Waals surface area contributed by atoms with Gasteiger partial charge >= 0.3 is 0 Å². The van der Waals surface area contributed by atoms with Crippen LogP contribution in [0, 0.1) is 10.1 Å². The fourth-order valence-electron chi connectivity index (χ4n) is 2.10. The SMILES string of the molecule is Nc1cc([N+](=O)[O-])ccc1Oc1ccc2ccccc2c1. The van der Waals surface area contributed by atoms with Gasteiger partial charge in [-0.15, -0.1) is 0 Å². The average Bonchev–Trinajstić information content (AvgIpc) is 2.49. The summed E-state index contributed by atoms with van der Waals surface area (Å²) in [5.41, 5.74) is 5.97. The number of nitro groups is 1. The number of nitro benzene ring substituents is 1. The highest BCUT2D eigenvalue weighted by Gasteiger charge is 2.10. The maximum Gasteiger partial charge on any atom is 0.271 e. The largest absolute Gasteiger partial charge is 0.455 e. The van der Waals surface area contributed by atoms with E-state index in [9.17, 15) is 10.1 Å².